The van der Waals surface area contributed by atoms with E-state index in [-0.39, 0.29) is 13.0 Å². The van der Waals surface area contributed by atoms with Gasteiger partial charge >= 0.3 is 6.09 Å². The molecule has 0 aromatic heterocycles. The van der Waals surface area contributed by atoms with Gasteiger partial charge in [-0.05, 0) is 16.7 Å². The predicted molar refractivity (Wildman–Crippen MR) is 113 cm³/mol. The molecule has 0 aliphatic heterocycles. The van der Waals surface area contributed by atoms with Crippen molar-refractivity contribution in [3.63, 3.8) is 0 Å². The molecule has 0 heterocycles. The number of carbonyl (C=O) groups is 1. The second-order valence-corrected chi connectivity index (χ2v) is 6.91. The Kier molecular flexibility index (Phi) is 6.82. The van der Waals surface area contributed by atoms with E-state index < -0.39 is 17.6 Å². The highest BCUT2D eigenvalue weighted by molar-refractivity contribution is 5.68. The second kappa shape index (κ2) is 9.91. The van der Waals surface area contributed by atoms with Gasteiger partial charge in [0.15, 0.2) is 5.41 Å². The molecule has 0 radical (unpaired) electrons. The number of alkyl carbamates (subject to hydrolysis) is 1. The van der Waals surface area contributed by atoms with Gasteiger partial charge in [0.2, 0.25) is 0 Å². The van der Waals surface area contributed by atoms with Crippen molar-refractivity contribution in [2.45, 2.75) is 19.1 Å². The summed E-state index contributed by atoms with van der Waals surface area (Å²) in [6.45, 7) is 0.0962. The lowest BCUT2D eigenvalue weighted by atomic mass is 9.75. The lowest BCUT2D eigenvalue weighted by molar-refractivity contribution is 0.130. The van der Waals surface area contributed by atoms with Crippen LogP contribution in [0, 0.1) is 28.1 Å². The molecule has 3 aromatic carbocycles. The average Bonchev–Trinajstić information content (AvgIpc) is 2.82. The molecular weight excluding hydrogens is 374 g/mol. The monoisotopic (exact) mass is 395 g/mol. The second-order valence-electron chi connectivity index (χ2n) is 6.91. The summed E-state index contributed by atoms with van der Waals surface area (Å²) in [5.41, 5.74) is 0.836. The van der Waals surface area contributed by atoms with Crippen molar-refractivity contribution < 1.29 is 9.53 Å². The van der Waals surface area contributed by atoms with Gasteiger partial charge in [-0.3, -0.25) is 0 Å². The molecule has 5 heteroatoms. The number of nitrogens with one attached hydrogen (secondary N) is 1. The summed E-state index contributed by atoms with van der Waals surface area (Å²) in [6, 6.07) is 31.1. The van der Waals surface area contributed by atoms with E-state index in [1.165, 1.54) is 0 Å². The third-order valence-corrected chi connectivity index (χ3v) is 4.83. The van der Waals surface area contributed by atoms with Gasteiger partial charge in [-0.1, -0.05) is 91.0 Å². The first kappa shape index (κ1) is 20.6. The fraction of sp³-hybridized carbons (Fsp3) is 0.160. The highest BCUT2D eigenvalue weighted by atomic mass is 16.5. The molecule has 0 unspecified atom stereocenters. The number of hydrogen-bond acceptors (Lipinski definition) is 4. The third kappa shape index (κ3) is 5.04. The fourth-order valence-electron chi connectivity index (χ4n) is 3.27. The van der Waals surface area contributed by atoms with Crippen molar-refractivity contribution in [2.24, 2.45) is 5.41 Å². The van der Waals surface area contributed by atoms with E-state index in [1.54, 1.807) is 24.3 Å². The summed E-state index contributed by atoms with van der Waals surface area (Å²) in [6.07, 6.45) is -0.519. The van der Waals surface area contributed by atoms with E-state index in [9.17, 15) is 15.3 Å². The first-order chi connectivity index (χ1) is 14.7. The maximum Gasteiger partial charge on any atom is 0.408 e. The topological polar surface area (TPSA) is 85.9 Å². The molecule has 1 N–H and O–H groups in total. The summed E-state index contributed by atoms with van der Waals surface area (Å²) < 4.78 is 5.35. The molecule has 0 saturated carbocycles. The van der Waals surface area contributed by atoms with Crippen molar-refractivity contribution >= 4 is 6.09 Å². The number of hydrogen-bond donors (Lipinski definition) is 1. The molecule has 0 aliphatic rings. The van der Waals surface area contributed by atoms with Crippen molar-refractivity contribution in [3.8, 4) is 12.1 Å². The molecular formula is C25H21N3O2. The molecule has 1 amide bonds. The Balaban J connectivity index is 1.86. The van der Waals surface area contributed by atoms with Gasteiger partial charge in [-0.15, -0.1) is 0 Å². The SMILES string of the molecule is N#CC(C#N)(Cc1ccccc1)[C@H](NC(=O)OCc1ccccc1)c1ccccc1. The van der Waals surface area contributed by atoms with Crippen molar-refractivity contribution in [1.29, 1.82) is 10.5 Å². The number of ether oxygens (including phenoxy) is 1. The minimum atomic E-state index is -1.51. The number of amides is 1. The number of nitrogens with zero attached hydrogens (tertiary/aromatic N) is 2. The van der Waals surface area contributed by atoms with Crippen LogP contribution < -0.4 is 5.32 Å². The molecule has 0 aliphatic carbocycles. The zero-order valence-corrected chi connectivity index (χ0v) is 16.4. The number of carbonyl (C=O) groups excluding carboxylic acids is 1. The molecule has 1 atom stereocenters. The largest absolute Gasteiger partial charge is 0.445 e. The fourth-order valence-corrected chi connectivity index (χ4v) is 3.27. The molecule has 0 spiro atoms. The van der Waals surface area contributed by atoms with E-state index in [4.69, 9.17) is 4.74 Å². The van der Waals surface area contributed by atoms with Crippen LogP contribution in [0.5, 0.6) is 0 Å². The summed E-state index contributed by atoms with van der Waals surface area (Å²) >= 11 is 0. The Hall–Kier alpha value is -4.09. The van der Waals surface area contributed by atoms with Gasteiger partial charge in [-0.2, -0.15) is 10.5 Å². The molecule has 5 nitrogen and oxygen atoms in total. The number of nitriles is 2. The van der Waals surface area contributed by atoms with Crippen LogP contribution >= 0.6 is 0 Å². The zero-order chi connectivity index (χ0) is 21.2. The molecule has 0 saturated heterocycles. The third-order valence-electron chi connectivity index (χ3n) is 4.83. The summed E-state index contributed by atoms with van der Waals surface area (Å²) in [7, 11) is 0. The smallest absolute Gasteiger partial charge is 0.408 e. The van der Waals surface area contributed by atoms with Gasteiger partial charge in [-0.25, -0.2) is 4.79 Å². The summed E-state index contributed by atoms with van der Waals surface area (Å²) in [5.74, 6) is 0. The van der Waals surface area contributed by atoms with E-state index in [1.807, 2.05) is 66.7 Å². The van der Waals surface area contributed by atoms with Crippen molar-refractivity contribution in [2.75, 3.05) is 0 Å². The Morgan fingerprint density at radius 2 is 1.33 bits per heavy atom. The zero-order valence-electron chi connectivity index (χ0n) is 16.4. The van der Waals surface area contributed by atoms with Crippen molar-refractivity contribution in [3.05, 3.63) is 108 Å². The lowest BCUT2D eigenvalue weighted by Gasteiger charge is -2.30. The Morgan fingerprint density at radius 1 is 0.833 bits per heavy atom. The van der Waals surface area contributed by atoms with Crippen LogP contribution in [-0.2, 0) is 17.8 Å². The minimum absolute atomic E-state index is 0.0962. The normalized spacial score (nSPS) is 11.5. The van der Waals surface area contributed by atoms with Gasteiger partial charge < -0.3 is 10.1 Å². The Morgan fingerprint density at radius 3 is 1.87 bits per heavy atom. The quantitative estimate of drug-likeness (QED) is 0.614. The van der Waals surface area contributed by atoms with Gasteiger partial charge in [0.25, 0.3) is 0 Å². The highest BCUT2D eigenvalue weighted by Crippen LogP contribution is 2.36. The average molecular weight is 395 g/mol. The van der Waals surface area contributed by atoms with Crippen LogP contribution in [0.15, 0.2) is 91.0 Å². The van der Waals surface area contributed by atoms with E-state index in [0.29, 0.717) is 5.56 Å². The van der Waals surface area contributed by atoms with Gasteiger partial charge in [0.1, 0.15) is 6.61 Å². The highest BCUT2D eigenvalue weighted by Gasteiger charge is 2.42. The van der Waals surface area contributed by atoms with Crippen LogP contribution in [0.1, 0.15) is 22.7 Å². The van der Waals surface area contributed by atoms with Crippen LogP contribution in [0.4, 0.5) is 4.79 Å². The first-order valence-corrected chi connectivity index (χ1v) is 9.55. The van der Waals surface area contributed by atoms with Crippen LogP contribution in [0.3, 0.4) is 0 Å². The Labute approximate surface area is 176 Å². The van der Waals surface area contributed by atoms with Crippen LogP contribution in [-0.4, -0.2) is 6.09 Å². The van der Waals surface area contributed by atoms with Crippen molar-refractivity contribution in [1.82, 2.24) is 5.32 Å². The minimum Gasteiger partial charge on any atom is -0.445 e. The predicted octanol–water partition coefficient (Wildman–Crippen LogP) is 4.93. The molecule has 3 aromatic rings. The van der Waals surface area contributed by atoms with Gasteiger partial charge in [0.05, 0.1) is 18.2 Å². The molecule has 0 fully saturated rings. The standard InChI is InChI=1S/C25H21N3O2/c26-18-25(19-27,16-20-10-4-1-5-11-20)23(22-14-8-3-9-15-22)28-24(29)30-17-21-12-6-2-7-13-21/h1-15,23H,16-17H2,(H,28,29)/t23-/m1/s1. The van der Waals surface area contributed by atoms with E-state index >= 15 is 0 Å². The number of rotatable bonds is 7. The molecule has 3 rings (SSSR count). The van der Waals surface area contributed by atoms with Crippen LogP contribution in [0.25, 0.3) is 0 Å². The maximum atomic E-state index is 12.6. The van der Waals surface area contributed by atoms with E-state index in [0.717, 1.165) is 11.1 Å². The summed E-state index contributed by atoms with van der Waals surface area (Å²) in [5, 5.41) is 22.8. The Bertz CT molecular complexity index is 1020. The number of benzene rings is 3. The molecule has 30 heavy (non-hydrogen) atoms. The maximum absolute atomic E-state index is 12.6. The molecule has 0 bridgehead atoms. The molecule has 148 valence electrons. The summed E-state index contributed by atoms with van der Waals surface area (Å²) in [4.78, 5) is 12.6. The first-order valence-electron chi connectivity index (χ1n) is 9.55. The lowest BCUT2D eigenvalue weighted by Crippen LogP contribution is -2.41. The van der Waals surface area contributed by atoms with Gasteiger partial charge in [0, 0.05) is 6.42 Å². The van der Waals surface area contributed by atoms with E-state index in [2.05, 4.69) is 17.5 Å². The van der Waals surface area contributed by atoms with Crippen LogP contribution in [0.2, 0.25) is 0 Å².